The molecule has 0 spiro atoms. The molecule has 0 bridgehead atoms. The first-order valence-electron chi connectivity index (χ1n) is 6.71. The minimum atomic E-state index is -3.50. The Balaban J connectivity index is 2.05. The Bertz CT molecular complexity index is 700. The Kier molecular flexibility index (Phi) is 5.06. The van der Waals surface area contributed by atoms with Crippen LogP contribution < -0.4 is 10.5 Å². The summed E-state index contributed by atoms with van der Waals surface area (Å²) < 4.78 is 27.2. The summed E-state index contributed by atoms with van der Waals surface area (Å²) in [4.78, 5) is 4.30. The number of hydrogen-bond acceptors (Lipinski definition) is 4. The highest BCUT2D eigenvalue weighted by atomic mass is 32.2. The van der Waals surface area contributed by atoms with Gasteiger partial charge in [0.1, 0.15) is 0 Å². The largest absolute Gasteiger partial charge is 0.326 e. The van der Waals surface area contributed by atoms with Gasteiger partial charge in [0.25, 0.3) is 0 Å². The van der Waals surface area contributed by atoms with Crippen molar-refractivity contribution in [1.29, 1.82) is 0 Å². The maximum Gasteiger partial charge on any atom is 0.240 e. The van der Waals surface area contributed by atoms with E-state index in [1.807, 2.05) is 12.1 Å². The Hall–Kier alpha value is -1.76. The van der Waals surface area contributed by atoms with Gasteiger partial charge in [-0.2, -0.15) is 0 Å². The summed E-state index contributed by atoms with van der Waals surface area (Å²) in [5.41, 5.74) is 8.17. The Morgan fingerprint density at radius 3 is 2.67 bits per heavy atom. The Labute approximate surface area is 125 Å². The number of rotatable bonds is 6. The number of nitrogens with one attached hydrogen (secondary N) is 1. The number of benzene rings is 1. The van der Waals surface area contributed by atoms with Crippen molar-refractivity contribution in [2.45, 2.75) is 24.8 Å². The second kappa shape index (κ2) is 6.80. The molecule has 112 valence electrons. The molecule has 21 heavy (non-hydrogen) atoms. The van der Waals surface area contributed by atoms with Gasteiger partial charge >= 0.3 is 0 Å². The summed E-state index contributed by atoms with van der Waals surface area (Å²) in [6.07, 6.45) is 4.03. The third-order valence-electron chi connectivity index (χ3n) is 3.19. The lowest BCUT2D eigenvalue weighted by Gasteiger charge is -2.10. The maximum atomic E-state index is 12.3. The number of aryl methyl sites for hydroxylation is 1. The highest BCUT2D eigenvalue weighted by Crippen LogP contribution is 2.16. The van der Waals surface area contributed by atoms with E-state index in [1.165, 1.54) is 0 Å². The van der Waals surface area contributed by atoms with Crippen LogP contribution in [0.5, 0.6) is 0 Å². The number of nitrogens with zero attached hydrogens (tertiary/aromatic N) is 1. The predicted octanol–water partition coefficient (Wildman–Crippen LogP) is 1.37. The number of aromatic nitrogens is 1. The van der Waals surface area contributed by atoms with Crippen LogP contribution in [-0.4, -0.2) is 19.9 Å². The van der Waals surface area contributed by atoms with Crippen molar-refractivity contribution in [1.82, 2.24) is 9.71 Å². The lowest BCUT2D eigenvalue weighted by molar-refractivity contribution is 0.581. The van der Waals surface area contributed by atoms with Gasteiger partial charge in [0.05, 0.1) is 4.90 Å². The van der Waals surface area contributed by atoms with Crippen LogP contribution >= 0.6 is 0 Å². The normalized spacial score (nSPS) is 11.5. The second-order valence-corrected chi connectivity index (χ2v) is 6.55. The minimum absolute atomic E-state index is 0.297. The third kappa shape index (κ3) is 4.10. The molecule has 0 saturated carbocycles. The fourth-order valence-electron chi connectivity index (χ4n) is 2.09. The van der Waals surface area contributed by atoms with Crippen LogP contribution in [-0.2, 0) is 23.0 Å². The zero-order valence-corrected chi connectivity index (χ0v) is 12.7. The number of pyridine rings is 1. The van der Waals surface area contributed by atoms with E-state index in [4.69, 9.17) is 5.73 Å². The average Bonchev–Trinajstić information content (AvgIpc) is 2.47. The minimum Gasteiger partial charge on any atom is -0.326 e. The van der Waals surface area contributed by atoms with Gasteiger partial charge in [-0.3, -0.25) is 4.98 Å². The van der Waals surface area contributed by atoms with Crippen LogP contribution in [0.2, 0.25) is 0 Å². The molecule has 2 aromatic rings. The summed E-state index contributed by atoms with van der Waals surface area (Å²) in [6, 6.07) is 8.89. The van der Waals surface area contributed by atoms with Gasteiger partial charge in [0.2, 0.25) is 10.0 Å². The van der Waals surface area contributed by atoms with Crippen molar-refractivity contribution in [3.8, 4) is 0 Å². The smallest absolute Gasteiger partial charge is 0.240 e. The van der Waals surface area contributed by atoms with Gasteiger partial charge in [-0.25, -0.2) is 13.1 Å². The molecular weight excluding hydrogens is 286 g/mol. The molecule has 1 aromatic carbocycles. The lowest BCUT2D eigenvalue weighted by atomic mass is 10.1. The number of nitrogens with two attached hydrogens (primary N) is 1. The fraction of sp³-hybridized carbons (Fsp3) is 0.267. The van der Waals surface area contributed by atoms with Crippen molar-refractivity contribution < 1.29 is 8.42 Å². The van der Waals surface area contributed by atoms with Gasteiger partial charge < -0.3 is 5.73 Å². The molecule has 0 aliphatic rings. The average molecular weight is 305 g/mol. The topological polar surface area (TPSA) is 85.1 Å². The van der Waals surface area contributed by atoms with E-state index in [-0.39, 0.29) is 0 Å². The molecular formula is C15H19N3O2S. The maximum absolute atomic E-state index is 12.3. The van der Waals surface area contributed by atoms with E-state index in [0.29, 0.717) is 30.0 Å². The van der Waals surface area contributed by atoms with Crippen LogP contribution in [0.25, 0.3) is 0 Å². The molecule has 0 aliphatic carbocycles. The van der Waals surface area contributed by atoms with Gasteiger partial charge in [0.15, 0.2) is 0 Å². The van der Waals surface area contributed by atoms with Crippen molar-refractivity contribution in [2.75, 3.05) is 6.54 Å². The lowest BCUT2D eigenvalue weighted by Crippen LogP contribution is -2.26. The molecule has 0 radical (unpaired) electrons. The third-order valence-corrected chi connectivity index (χ3v) is 4.81. The standard InChI is InChI=1S/C15H19N3O2S/c1-12-9-14(10-16)4-5-15(12)21(19,20)18-8-6-13-3-2-7-17-11-13/h2-5,7,9,11,18H,6,8,10,16H2,1H3. The van der Waals surface area contributed by atoms with Crippen molar-refractivity contribution in [3.63, 3.8) is 0 Å². The molecule has 3 N–H and O–H groups in total. The highest BCUT2D eigenvalue weighted by molar-refractivity contribution is 7.89. The first kappa shape index (κ1) is 15.6. The molecule has 0 aliphatic heterocycles. The van der Waals surface area contributed by atoms with E-state index in [9.17, 15) is 8.42 Å². The SMILES string of the molecule is Cc1cc(CN)ccc1S(=O)(=O)NCCc1cccnc1. The summed E-state index contributed by atoms with van der Waals surface area (Å²) in [7, 11) is -3.50. The molecule has 0 atom stereocenters. The summed E-state index contributed by atoms with van der Waals surface area (Å²) in [5.74, 6) is 0. The quantitative estimate of drug-likeness (QED) is 0.844. The first-order valence-corrected chi connectivity index (χ1v) is 8.19. The van der Waals surface area contributed by atoms with Crippen LogP contribution in [0.1, 0.15) is 16.7 Å². The van der Waals surface area contributed by atoms with Gasteiger partial charge in [-0.1, -0.05) is 18.2 Å². The van der Waals surface area contributed by atoms with Gasteiger partial charge in [0, 0.05) is 25.5 Å². The predicted molar refractivity (Wildman–Crippen MR) is 82.2 cm³/mol. The highest BCUT2D eigenvalue weighted by Gasteiger charge is 2.16. The molecule has 1 heterocycles. The zero-order chi connectivity index (χ0) is 15.3. The van der Waals surface area contributed by atoms with Crippen LogP contribution in [0.15, 0.2) is 47.6 Å². The summed E-state index contributed by atoms with van der Waals surface area (Å²) in [5, 5.41) is 0. The Morgan fingerprint density at radius 2 is 2.05 bits per heavy atom. The van der Waals surface area contributed by atoms with E-state index >= 15 is 0 Å². The van der Waals surface area contributed by atoms with Crippen molar-refractivity contribution in [3.05, 3.63) is 59.4 Å². The van der Waals surface area contributed by atoms with Crippen molar-refractivity contribution in [2.24, 2.45) is 5.73 Å². The molecule has 0 fully saturated rings. The van der Waals surface area contributed by atoms with Crippen LogP contribution in [0.4, 0.5) is 0 Å². The number of hydrogen-bond donors (Lipinski definition) is 2. The van der Waals surface area contributed by atoms with E-state index in [2.05, 4.69) is 9.71 Å². The molecule has 0 saturated heterocycles. The number of sulfonamides is 1. The van der Waals surface area contributed by atoms with Crippen molar-refractivity contribution >= 4 is 10.0 Å². The van der Waals surface area contributed by atoms with E-state index in [0.717, 1.165) is 11.1 Å². The van der Waals surface area contributed by atoms with Gasteiger partial charge in [-0.05, 0) is 42.2 Å². The Morgan fingerprint density at radius 1 is 1.24 bits per heavy atom. The van der Waals surface area contributed by atoms with E-state index < -0.39 is 10.0 Å². The molecule has 1 aromatic heterocycles. The first-order chi connectivity index (χ1) is 10.0. The second-order valence-electron chi connectivity index (χ2n) is 4.81. The van der Waals surface area contributed by atoms with Gasteiger partial charge in [-0.15, -0.1) is 0 Å². The molecule has 2 rings (SSSR count). The molecule has 6 heteroatoms. The van der Waals surface area contributed by atoms with Crippen LogP contribution in [0.3, 0.4) is 0 Å². The molecule has 0 unspecified atom stereocenters. The zero-order valence-electron chi connectivity index (χ0n) is 11.9. The molecule has 5 nitrogen and oxygen atoms in total. The monoisotopic (exact) mass is 305 g/mol. The molecule has 0 amide bonds. The fourth-order valence-corrected chi connectivity index (χ4v) is 3.35. The van der Waals surface area contributed by atoms with Crippen LogP contribution in [0, 0.1) is 6.92 Å². The summed E-state index contributed by atoms with van der Waals surface area (Å²) >= 11 is 0. The van der Waals surface area contributed by atoms with E-state index in [1.54, 1.807) is 37.5 Å². The summed E-state index contributed by atoms with van der Waals surface area (Å²) in [6.45, 7) is 2.51.